The zero-order valence-corrected chi connectivity index (χ0v) is 10.3. The van der Waals surface area contributed by atoms with E-state index in [1.54, 1.807) is 6.20 Å². The largest absolute Gasteiger partial charge is 0.481 e. The van der Waals surface area contributed by atoms with Gasteiger partial charge in [-0.05, 0) is 25.7 Å². The van der Waals surface area contributed by atoms with E-state index in [0.29, 0.717) is 0 Å². The summed E-state index contributed by atoms with van der Waals surface area (Å²) in [6, 6.07) is 0. The first-order valence-corrected chi connectivity index (χ1v) is 6.45. The van der Waals surface area contributed by atoms with Gasteiger partial charge in [0.25, 0.3) is 0 Å². The van der Waals surface area contributed by atoms with Crippen LogP contribution in [0.1, 0.15) is 38.4 Å². The monoisotopic (exact) mass is 236 g/mol. The summed E-state index contributed by atoms with van der Waals surface area (Å²) in [7, 11) is 0. The van der Waals surface area contributed by atoms with Gasteiger partial charge in [-0.1, -0.05) is 12.8 Å². The molecule has 1 aliphatic rings. The molecule has 1 saturated carbocycles. The first-order chi connectivity index (χ1) is 8.22. The van der Waals surface area contributed by atoms with E-state index in [2.05, 4.69) is 16.5 Å². The molecule has 1 N–H and O–H groups in total. The van der Waals surface area contributed by atoms with Crippen molar-refractivity contribution in [3.8, 4) is 0 Å². The van der Waals surface area contributed by atoms with E-state index >= 15 is 0 Å². The molecule has 2 rings (SSSR count). The van der Waals surface area contributed by atoms with Crippen LogP contribution in [0.25, 0.3) is 0 Å². The van der Waals surface area contributed by atoms with Gasteiger partial charge in [0.05, 0.1) is 5.92 Å². The van der Waals surface area contributed by atoms with Gasteiger partial charge in [0.1, 0.15) is 5.82 Å². The van der Waals surface area contributed by atoms with E-state index in [1.807, 2.05) is 6.20 Å². The molecule has 2 unspecified atom stereocenters. The molecule has 1 heterocycles. The number of nitrogens with zero attached hydrogens (tertiary/aromatic N) is 2. The van der Waals surface area contributed by atoms with Crippen molar-refractivity contribution >= 4 is 5.97 Å². The lowest BCUT2D eigenvalue weighted by Gasteiger charge is -2.28. The predicted molar refractivity (Wildman–Crippen MR) is 64.7 cm³/mol. The molecule has 0 spiro atoms. The van der Waals surface area contributed by atoms with Crippen LogP contribution >= 0.6 is 0 Å². The third kappa shape index (κ3) is 2.68. The molecule has 1 fully saturated rings. The summed E-state index contributed by atoms with van der Waals surface area (Å²) in [6.07, 6.45) is 8.63. The van der Waals surface area contributed by atoms with Crippen LogP contribution in [0.3, 0.4) is 0 Å². The highest BCUT2D eigenvalue weighted by Crippen LogP contribution is 2.32. The number of rotatable bonds is 4. The lowest BCUT2D eigenvalue weighted by Crippen LogP contribution is -2.29. The molecule has 4 heteroatoms. The van der Waals surface area contributed by atoms with Crippen molar-refractivity contribution in [2.24, 2.45) is 11.8 Å². The number of carbonyl (C=O) groups is 1. The van der Waals surface area contributed by atoms with E-state index in [0.717, 1.165) is 44.5 Å². The highest BCUT2D eigenvalue weighted by molar-refractivity contribution is 5.70. The average Bonchev–Trinajstić information content (AvgIpc) is 2.77. The van der Waals surface area contributed by atoms with E-state index in [9.17, 15) is 9.90 Å². The highest BCUT2D eigenvalue weighted by Gasteiger charge is 2.31. The molecule has 0 amide bonds. The smallest absolute Gasteiger partial charge is 0.306 e. The van der Waals surface area contributed by atoms with Crippen LogP contribution in [-0.4, -0.2) is 20.6 Å². The van der Waals surface area contributed by atoms with Gasteiger partial charge in [-0.15, -0.1) is 0 Å². The molecule has 17 heavy (non-hydrogen) atoms. The molecule has 0 aromatic carbocycles. The zero-order valence-electron chi connectivity index (χ0n) is 10.3. The molecule has 0 saturated heterocycles. The number of aryl methyl sites for hydroxylation is 1. The number of hydrogen-bond donors (Lipinski definition) is 1. The molecule has 1 aromatic heterocycles. The third-order valence-electron chi connectivity index (χ3n) is 3.81. The maximum absolute atomic E-state index is 11.2. The van der Waals surface area contributed by atoms with E-state index in [1.165, 1.54) is 0 Å². The summed E-state index contributed by atoms with van der Waals surface area (Å²) in [4.78, 5) is 15.6. The second-order valence-electron chi connectivity index (χ2n) is 4.82. The molecule has 94 valence electrons. The Morgan fingerprint density at radius 1 is 1.53 bits per heavy atom. The first kappa shape index (κ1) is 12.1. The molecule has 1 aliphatic carbocycles. The maximum atomic E-state index is 11.2. The normalized spacial score (nSPS) is 24.8. The van der Waals surface area contributed by atoms with Crippen LogP contribution in [0.15, 0.2) is 12.4 Å². The van der Waals surface area contributed by atoms with Gasteiger partial charge in [0, 0.05) is 25.4 Å². The van der Waals surface area contributed by atoms with Gasteiger partial charge in [0.15, 0.2) is 0 Å². The Hall–Kier alpha value is -1.32. The topological polar surface area (TPSA) is 55.1 Å². The van der Waals surface area contributed by atoms with E-state index in [4.69, 9.17) is 0 Å². The van der Waals surface area contributed by atoms with Crippen molar-refractivity contribution in [3.05, 3.63) is 18.2 Å². The Bertz CT molecular complexity index is 387. The Kier molecular flexibility index (Phi) is 3.82. The van der Waals surface area contributed by atoms with Crippen LogP contribution < -0.4 is 0 Å². The van der Waals surface area contributed by atoms with Gasteiger partial charge >= 0.3 is 5.97 Å². The van der Waals surface area contributed by atoms with Crippen molar-refractivity contribution < 1.29 is 9.90 Å². The van der Waals surface area contributed by atoms with Gasteiger partial charge in [-0.2, -0.15) is 0 Å². The standard InChI is InChI=1S/C13H20N2O2/c1-2-15-8-7-14-12(15)9-10-5-3-4-6-11(10)13(16)17/h7-8,10-11H,2-6,9H2,1H3,(H,16,17). The molecule has 2 atom stereocenters. The van der Waals surface area contributed by atoms with E-state index in [-0.39, 0.29) is 11.8 Å². The number of aliphatic carboxylic acids is 1. The van der Waals surface area contributed by atoms with Crippen molar-refractivity contribution in [1.82, 2.24) is 9.55 Å². The van der Waals surface area contributed by atoms with E-state index < -0.39 is 5.97 Å². The minimum atomic E-state index is -0.635. The molecule has 0 aliphatic heterocycles. The Labute approximate surface area is 102 Å². The van der Waals surface area contributed by atoms with Gasteiger partial charge in [0.2, 0.25) is 0 Å². The summed E-state index contributed by atoms with van der Waals surface area (Å²) >= 11 is 0. The molecule has 1 aromatic rings. The Morgan fingerprint density at radius 2 is 2.29 bits per heavy atom. The number of carboxylic acid groups (broad SMARTS) is 1. The summed E-state index contributed by atoms with van der Waals surface area (Å²) in [5.41, 5.74) is 0. The van der Waals surface area contributed by atoms with Gasteiger partial charge in [-0.25, -0.2) is 4.98 Å². The average molecular weight is 236 g/mol. The van der Waals surface area contributed by atoms with Crippen LogP contribution in [0.5, 0.6) is 0 Å². The van der Waals surface area contributed by atoms with Crippen LogP contribution in [-0.2, 0) is 17.8 Å². The summed E-state index contributed by atoms with van der Waals surface area (Å²) in [6.45, 7) is 2.99. The van der Waals surface area contributed by atoms with Crippen LogP contribution in [0, 0.1) is 11.8 Å². The quantitative estimate of drug-likeness (QED) is 0.873. The lowest BCUT2D eigenvalue weighted by molar-refractivity contribution is -0.144. The first-order valence-electron chi connectivity index (χ1n) is 6.45. The minimum Gasteiger partial charge on any atom is -0.481 e. The number of carboxylic acids is 1. The predicted octanol–water partition coefficient (Wildman–Crippen LogP) is 2.34. The third-order valence-corrected chi connectivity index (χ3v) is 3.81. The van der Waals surface area contributed by atoms with Crippen molar-refractivity contribution in [2.75, 3.05) is 0 Å². The van der Waals surface area contributed by atoms with Gasteiger partial charge < -0.3 is 9.67 Å². The molecule has 0 radical (unpaired) electrons. The van der Waals surface area contributed by atoms with Crippen molar-refractivity contribution in [3.63, 3.8) is 0 Å². The Morgan fingerprint density at radius 3 is 3.00 bits per heavy atom. The number of aromatic nitrogens is 2. The summed E-state index contributed by atoms with van der Waals surface area (Å²) in [5.74, 6) is 0.481. The number of imidazole rings is 1. The molecular weight excluding hydrogens is 216 g/mol. The van der Waals surface area contributed by atoms with Gasteiger partial charge in [-0.3, -0.25) is 4.79 Å². The SMILES string of the molecule is CCn1ccnc1CC1CCCCC1C(=O)O. The molecular formula is C13H20N2O2. The fourth-order valence-corrected chi connectivity index (χ4v) is 2.83. The Balaban J connectivity index is 2.08. The highest BCUT2D eigenvalue weighted by atomic mass is 16.4. The zero-order chi connectivity index (χ0) is 12.3. The lowest BCUT2D eigenvalue weighted by atomic mass is 9.77. The molecule has 0 bridgehead atoms. The summed E-state index contributed by atoms with van der Waals surface area (Å²) < 4.78 is 2.10. The fourth-order valence-electron chi connectivity index (χ4n) is 2.83. The number of hydrogen-bond acceptors (Lipinski definition) is 2. The van der Waals surface area contributed by atoms with Crippen LogP contribution in [0.2, 0.25) is 0 Å². The maximum Gasteiger partial charge on any atom is 0.306 e. The minimum absolute atomic E-state index is 0.175. The fraction of sp³-hybridized carbons (Fsp3) is 0.692. The van der Waals surface area contributed by atoms with Crippen molar-refractivity contribution in [1.29, 1.82) is 0 Å². The second kappa shape index (κ2) is 5.34. The molecule has 4 nitrogen and oxygen atoms in total. The van der Waals surface area contributed by atoms with Crippen molar-refractivity contribution in [2.45, 2.75) is 45.6 Å². The van der Waals surface area contributed by atoms with Crippen LogP contribution in [0.4, 0.5) is 0 Å². The summed E-state index contributed by atoms with van der Waals surface area (Å²) in [5, 5.41) is 9.24. The second-order valence-corrected chi connectivity index (χ2v) is 4.82.